The number of carboxylic acids is 1. The second-order valence-electron chi connectivity index (χ2n) is 8.57. The van der Waals surface area contributed by atoms with Crippen LogP contribution in [0, 0.1) is 0 Å². The minimum absolute atomic E-state index is 0.111. The lowest BCUT2D eigenvalue weighted by Crippen LogP contribution is -2.58. The lowest BCUT2D eigenvalue weighted by Gasteiger charge is -2.25. The first kappa shape index (κ1) is 29.8. The molecule has 1 heterocycles. The molecule has 0 fully saturated rings. The van der Waals surface area contributed by atoms with Gasteiger partial charge in [-0.3, -0.25) is 14.4 Å². The maximum atomic E-state index is 13.3. The summed E-state index contributed by atoms with van der Waals surface area (Å²) in [7, 11) is 0. The third-order valence-corrected chi connectivity index (χ3v) is 5.99. The molecule has 13 heteroatoms. The Morgan fingerprint density at radius 1 is 0.946 bits per heavy atom. The van der Waals surface area contributed by atoms with E-state index >= 15 is 0 Å². The topological polar surface area (TPSA) is 205 Å². The van der Waals surface area contributed by atoms with E-state index < -0.39 is 47.9 Å². The number of aliphatic carboxylic acids is 1. The number of hydrogen-bond acceptors (Lipinski definition) is 8. The molecule has 1 aromatic carbocycles. The first-order chi connectivity index (χ1) is 17.7. The van der Waals surface area contributed by atoms with Crippen molar-refractivity contribution >= 4 is 36.3 Å². The van der Waals surface area contributed by atoms with Crippen molar-refractivity contribution < 1.29 is 24.3 Å². The number of carboxylic acid groups (broad SMARTS) is 1. The largest absolute Gasteiger partial charge is 0.480 e. The van der Waals surface area contributed by atoms with Crippen molar-refractivity contribution in [3.8, 4) is 0 Å². The van der Waals surface area contributed by atoms with E-state index in [4.69, 9.17) is 11.5 Å². The molecule has 0 saturated heterocycles. The molecule has 0 radical (unpaired) electrons. The molecule has 0 aliphatic heterocycles. The number of carbonyl (C=O) groups is 4. The number of unbranched alkanes of at least 4 members (excludes halogenated alkanes) is 1. The highest BCUT2D eigenvalue weighted by Gasteiger charge is 2.30. The van der Waals surface area contributed by atoms with Crippen LogP contribution in [0.2, 0.25) is 0 Å². The fourth-order valence-corrected chi connectivity index (χ4v) is 3.80. The minimum Gasteiger partial charge on any atom is -0.480 e. The molecule has 2 aromatic rings. The third-order valence-electron chi connectivity index (χ3n) is 5.62. The van der Waals surface area contributed by atoms with Gasteiger partial charge in [-0.05, 0) is 31.4 Å². The lowest BCUT2D eigenvalue weighted by molar-refractivity contribution is -0.141. The number of aromatic nitrogens is 2. The average molecular weight is 534 g/mol. The molecule has 37 heavy (non-hydrogen) atoms. The number of nitrogens with zero attached hydrogens (tertiary/aromatic N) is 1. The second kappa shape index (κ2) is 15.6. The summed E-state index contributed by atoms with van der Waals surface area (Å²) in [4.78, 5) is 57.2. The van der Waals surface area contributed by atoms with E-state index in [1.807, 2.05) is 6.07 Å². The van der Waals surface area contributed by atoms with Crippen LogP contribution in [0.5, 0.6) is 0 Å². The molecule has 0 spiro atoms. The van der Waals surface area contributed by atoms with Gasteiger partial charge in [0.2, 0.25) is 17.7 Å². The predicted octanol–water partition coefficient (Wildman–Crippen LogP) is -0.880. The van der Waals surface area contributed by atoms with E-state index in [0.29, 0.717) is 25.1 Å². The Morgan fingerprint density at radius 3 is 2.19 bits per heavy atom. The van der Waals surface area contributed by atoms with Crippen molar-refractivity contribution in [1.29, 1.82) is 0 Å². The Labute approximate surface area is 220 Å². The summed E-state index contributed by atoms with van der Waals surface area (Å²) in [5.41, 5.74) is 13.0. The number of hydrogen-bond donors (Lipinski definition) is 8. The normalized spacial score (nSPS) is 14.1. The van der Waals surface area contributed by atoms with Gasteiger partial charge in [0.15, 0.2) is 0 Å². The molecule has 4 atom stereocenters. The zero-order chi connectivity index (χ0) is 27.2. The van der Waals surface area contributed by atoms with E-state index in [2.05, 4.69) is 38.5 Å². The second-order valence-corrected chi connectivity index (χ2v) is 8.93. The summed E-state index contributed by atoms with van der Waals surface area (Å²) in [5, 5.41) is 17.1. The van der Waals surface area contributed by atoms with Crippen LogP contribution >= 0.6 is 12.6 Å². The van der Waals surface area contributed by atoms with Gasteiger partial charge in [0, 0.05) is 30.5 Å². The summed E-state index contributed by atoms with van der Waals surface area (Å²) in [5.74, 6) is -3.17. The highest BCUT2D eigenvalue weighted by molar-refractivity contribution is 7.80. The third kappa shape index (κ3) is 10.2. The van der Waals surface area contributed by atoms with Crippen LogP contribution in [0.15, 0.2) is 42.9 Å². The molecule has 12 nitrogen and oxygen atoms in total. The van der Waals surface area contributed by atoms with E-state index in [1.165, 1.54) is 6.33 Å². The van der Waals surface area contributed by atoms with Crippen molar-refractivity contribution in [3.05, 3.63) is 54.1 Å². The summed E-state index contributed by atoms with van der Waals surface area (Å²) in [6, 6.07) is 4.74. The van der Waals surface area contributed by atoms with Crippen LogP contribution in [0.4, 0.5) is 0 Å². The molecule has 3 amide bonds. The lowest BCUT2D eigenvalue weighted by atomic mass is 10.0. The van der Waals surface area contributed by atoms with E-state index in [0.717, 1.165) is 5.56 Å². The maximum Gasteiger partial charge on any atom is 0.327 e. The van der Waals surface area contributed by atoms with Gasteiger partial charge in [0.05, 0.1) is 12.4 Å². The minimum atomic E-state index is -1.24. The van der Waals surface area contributed by atoms with E-state index in [9.17, 15) is 24.3 Å². The van der Waals surface area contributed by atoms with Crippen LogP contribution in [-0.4, -0.2) is 75.2 Å². The zero-order valence-corrected chi connectivity index (χ0v) is 21.3. The van der Waals surface area contributed by atoms with Gasteiger partial charge >= 0.3 is 5.97 Å². The molecule has 9 N–H and O–H groups in total. The number of nitrogens with two attached hydrogens (primary N) is 2. The molecule has 1 aromatic heterocycles. The quantitative estimate of drug-likeness (QED) is 0.100. The number of carbonyl (C=O) groups excluding carboxylic acids is 3. The Balaban J connectivity index is 2.16. The Hall–Kier alpha value is -3.42. The molecular weight excluding hydrogens is 498 g/mol. The number of amides is 3. The summed E-state index contributed by atoms with van der Waals surface area (Å²) >= 11 is 3.98. The van der Waals surface area contributed by atoms with Gasteiger partial charge in [0.1, 0.15) is 18.1 Å². The molecule has 202 valence electrons. The number of rotatable bonds is 16. The van der Waals surface area contributed by atoms with Gasteiger partial charge in [0.25, 0.3) is 0 Å². The van der Waals surface area contributed by atoms with Gasteiger partial charge in [-0.15, -0.1) is 0 Å². The van der Waals surface area contributed by atoms with Gasteiger partial charge < -0.3 is 37.5 Å². The van der Waals surface area contributed by atoms with Gasteiger partial charge in [-0.25, -0.2) is 9.78 Å². The van der Waals surface area contributed by atoms with Gasteiger partial charge in [-0.2, -0.15) is 12.6 Å². The highest BCUT2D eigenvalue weighted by atomic mass is 32.1. The first-order valence-corrected chi connectivity index (χ1v) is 12.6. The van der Waals surface area contributed by atoms with Crippen molar-refractivity contribution in [3.63, 3.8) is 0 Å². The standard InChI is InChI=1S/C24H35N7O5S/c25-9-5-4-8-18(29-21(32)17(26)11-16-12-27-14-28-16)22(33)30-19(10-15-6-2-1-3-7-15)23(34)31-20(13-37)24(35)36/h1-3,6-7,12,14,17-20,37H,4-5,8-11,13,25-26H2,(H,27,28)(H,29,32)(H,30,33)(H,31,34)(H,35,36). The Kier molecular flexibility index (Phi) is 12.6. The summed E-state index contributed by atoms with van der Waals surface area (Å²) < 4.78 is 0. The molecule has 0 aliphatic rings. The van der Waals surface area contributed by atoms with E-state index in [1.54, 1.807) is 30.5 Å². The summed E-state index contributed by atoms with van der Waals surface area (Å²) in [6.07, 6.45) is 4.81. The Morgan fingerprint density at radius 2 is 1.59 bits per heavy atom. The Bertz CT molecular complexity index is 1010. The maximum absolute atomic E-state index is 13.3. The molecular formula is C24H35N7O5S. The molecule has 2 rings (SSSR count). The zero-order valence-electron chi connectivity index (χ0n) is 20.4. The monoisotopic (exact) mass is 533 g/mol. The number of H-pyrrole nitrogens is 1. The van der Waals surface area contributed by atoms with Crippen LogP contribution in [0.25, 0.3) is 0 Å². The first-order valence-electron chi connectivity index (χ1n) is 12.0. The fraction of sp³-hybridized carbons (Fsp3) is 0.458. The molecule has 4 unspecified atom stereocenters. The van der Waals surface area contributed by atoms with E-state index in [-0.39, 0.29) is 25.0 Å². The smallest absolute Gasteiger partial charge is 0.327 e. The van der Waals surface area contributed by atoms with Crippen LogP contribution in [-0.2, 0) is 32.0 Å². The highest BCUT2D eigenvalue weighted by Crippen LogP contribution is 2.08. The van der Waals surface area contributed by atoms with Crippen molar-refractivity contribution in [2.75, 3.05) is 12.3 Å². The summed E-state index contributed by atoms with van der Waals surface area (Å²) in [6.45, 7) is 0.418. The van der Waals surface area contributed by atoms with Gasteiger partial charge in [-0.1, -0.05) is 30.3 Å². The molecule has 0 saturated carbocycles. The van der Waals surface area contributed by atoms with Crippen molar-refractivity contribution in [1.82, 2.24) is 25.9 Å². The number of thiol groups is 1. The predicted molar refractivity (Wildman–Crippen MR) is 141 cm³/mol. The number of nitrogens with one attached hydrogen (secondary N) is 4. The van der Waals surface area contributed by atoms with Crippen LogP contribution in [0.3, 0.4) is 0 Å². The fourth-order valence-electron chi connectivity index (χ4n) is 3.56. The number of benzene rings is 1. The van der Waals surface area contributed by atoms with Crippen LogP contribution < -0.4 is 27.4 Å². The number of aromatic amines is 1. The van der Waals surface area contributed by atoms with Crippen molar-refractivity contribution in [2.24, 2.45) is 11.5 Å². The molecule has 0 aliphatic carbocycles. The number of imidazole rings is 1. The molecule has 0 bridgehead atoms. The van der Waals surface area contributed by atoms with Crippen molar-refractivity contribution in [2.45, 2.75) is 56.3 Å². The van der Waals surface area contributed by atoms with Crippen LogP contribution in [0.1, 0.15) is 30.5 Å². The average Bonchev–Trinajstić information content (AvgIpc) is 3.39. The SMILES string of the molecule is NCCCCC(NC(=O)C(N)Cc1cnc[nH]1)C(=O)NC(Cc1ccccc1)C(=O)NC(CS)C(=O)O.